The third-order valence-electron chi connectivity index (χ3n) is 3.77. The first kappa shape index (κ1) is 17.3. The molecule has 7 heteroatoms. The van der Waals surface area contributed by atoms with Gasteiger partial charge in [0.1, 0.15) is 0 Å². The van der Waals surface area contributed by atoms with Crippen molar-refractivity contribution in [3.05, 3.63) is 76.0 Å². The molecule has 2 aromatic carbocycles. The molecule has 0 aliphatic heterocycles. The standard InChI is InChI=1S/C18H18FN3O2S/c1-24-16-8-7-14(11-15(16)19)12-25-18-21-20-17(23)22(18)10-9-13-5-3-2-4-6-13/h2-8,11H,9-10,12H2,1H3,(H,20,23). The van der Waals surface area contributed by atoms with Gasteiger partial charge < -0.3 is 4.74 Å². The minimum atomic E-state index is -0.399. The Balaban J connectivity index is 1.67. The van der Waals surface area contributed by atoms with E-state index in [1.165, 1.54) is 24.9 Å². The number of methoxy groups -OCH3 is 1. The van der Waals surface area contributed by atoms with E-state index in [0.29, 0.717) is 17.5 Å². The number of hydrogen-bond donors (Lipinski definition) is 1. The van der Waals surface area contributed by atoms with Gasteiger partial charge in [0.05, 0.1) is 7.11 Å². The van der Waals surface area contributed by atoms with Gasteiger partial charge in [-0.2, -0.15) is 0 Å². The van der Waals surface area contributed by atoms with Gasteiger partial charge in [0.2, 0.25) is 0 Å². The number of aromatic amines is 1. The van der Waals surface area contributed by atoms with Crippen LogP contribution in [-0.4, -0.2) is 21.9 Å². The number of H-pyrrole nitrogens is 1. The van der Waals surface area contributed by atoms with Crippen LogP contribution in [0.1, 0.15) is 11.1 Å². The summed E-state index contributed by atoms with van der Waals surface area (Å²) in [6.45, 7) is 0.540. The van der Waals surface area contributed by atoms with Crippen molar-refractivity contribution >= 4 is 11.8 Å². The maximum absolute atomic E-state index is 13.8. The molecule has 0 aliphatic rings. The van der Waals surface area contributed by atoms with E-state index in [1.807, 2.05) is 30.3 Å². The van der Waals surface area contributed by atoms with Crippen molar-refractivity contribution in [3.8, 4) is 5.75 Å². The zero-order valence-corrected chi connectivity index (χ0v) is 14.6. The lowest BCUT2D eigenvalue weighted by Gasteiger charge is -2.07. The average Bonchev–Trinajstić information content (AvgIpc) is 2.99. The molecular formula is C18H18FN3O2S. The van der Waals surface area contributed by atoms with E-state index in [1.54, 1.807) is 16.7 Å². The minimum absolute atomic E-state index is 0.216. The van der Waals surface area contributed by atoms with Crippen LogP contribution in [0.5, 0.6) is 5.75 Å². The molecule has 0 radical (unpaired) electrons. The lowest BCUT2D eigenvalue weighted by atomic mass is 10.1. The summed E-state index contributed by atoms with van der Waals surface area (Å²) >= 11 is 1.39. The molecule has 0 saturated heterocycles. The van der Waals surface area contributed by atoms with Crippen LogP contribution < -0.4 is 10.4 Å². The quantitative estimate of drug-likeness (QED) is 0.658. The van der Waals surface area contributed by atoms with E-state index in [4.69, 9.17) is 4.74 Å². The van der Waals surface area contributed by atoms with Crippen molar-refractivity contribution in [2.75, 3.05) is 7.11 Å². The molecule has 3 rings (SSSR count). The topological polar surface area (TPSA) is 59.9 Å². The third kappa shape index (κ3) is 4.30. The Morgan fingerprint density at radius 3 is 2.72 bits per heavy atom. The number of hydrogen-bond acceptors (Lipinski definition) is 4. The zero-order valence-electron chi connectivity index (χ0n) is 13.7. The van der Waals surface area contributed by atoms with Gasteiger partial charge in [-0.15, -0.1) is 5.10 Å². The molecule has 1 heterocycles. The highest BCUT2D eigenvalue weighted by atomic mass is 32.2. The molecular weight excluding hydrogens is 341 g/mol. The summed E-state index contributed by atoms with van der Waals surface area (Å²) in [7, 11) is 1.43. The van der Waals surface area contributed by atoms with Crippen LogP contribution in [0.2, 0.25) is 0 Å². The van der Waals surface area contributed by atoms with Crippen molar-refractivity contribution in [2.45, 2.75) is 23.9 Å². The van der Waals surface area contributed by atoms with Gasteiger partial charge in [-0.1, -0.05) is 48.2 Å². The number of benzene rings is 2. The summed E-state index contributed by atoms with van der Waals surface area (Å²) in [6, 6.07) is 14.8. The summed E-state index contributed by atoms with van der Waals surface area (Å²) in [5.74, 6) is 0.327. The molecule has 5 nitrogen and oxygen atoms in total. The third-order valence-corrected chi connectivity index (χ3v) is 4.82. The Kier molecular flexibility index (Phi) is 5.55. The Morgan fingerprint density at radius 1 is 1.20 bits per heavy atom. The van der Waals surface area contributed by atoms with Crippen molar-refractivity contribution in [3.63, 3.8) is 0 Å². The Hall–Kier alpha value is -2.54. The van der Waals surface area contributed by atoms with Crippen molar-refractivity contribution in [2.24, 2.45) is 0 Å². The van der Waals surface area contributed by atoms with Gasteiger partial charge in [-0.25, -0.2) is 14.3 Å². The summed E-state index contributed by atoms with van der Waals surface area (Å²) < 4.78 is 20.3. The summed E-state index contributed by atoms with van der Waals surface area (Å²) in [5.41, 5.74) is 1.72. The van der Waals surface area contributed by atoms with Gasteiger partial charge in [0.25, 0.3) is 0 Å². The monoisotopic (exact) mass is 359 g/mol. The second kappa shape index (κ2) is 8.02. The first-order chi connectivity index (χ1) is 12.2. The number of aromatic nitrogens is 3. The van der Waals surface area contributed by atoms with Gasteiger partial charge in [0.15, 0.2) is 16.7 Å². The van der Waals surface area contributed by atoms with Crippen molar-refractivity contribution in [1.29, 1.82) is 0 Å². The molecule has 0 spiro atoms. The predicted octanol–water partition coefficient (Wildman–Crippen LogP) is 3.25. The van der Waals surface area contributed by atoms with Gasteiger partial charge in [-0.05, 0) is 29.7 Å². The van der Waals surface area contributed by atoms with Crippen LogP contribution in [0.15, 0.2) is 58.5 Å². The normalized spacial score (nSPS) is 10.8. The van der Waals surface area contributed by atoms with E-state index in [9.17, 15) is 9.18 Å². The minimum Gasteiger partial charge on any atom is -0.494 e. The van der Waals surface area contributed by atoms with Gasteiger partial charge in [-0.3, -0.25) is 4.57 Å². The van der Waals surface area contributed by atoms with E-state index in [0.717, 1.165) is 17.5 Å². The molecule has 3 aromatic rings. The number of rotatable bonds is 7. The van der Waals surface area contributed by atoms with Crippen LogP contribution in [-0.2, 0) is 18.7 Å². The number of thioether (sulfide) groups is 1. The fourth-order valence-electron chi connectivity index (χ4n) is 2.44. The summed E-state index contributed by atoms with van der Waals surface area (Å²) in [6.07, 6.45) is 0.741. The Morgan fingerprint density at radius 2 is 2.00 bits per heavy atom. The molecule has 0 atom stereocenters. The number of nitrogens with zero attached hydrogens (tertiary/aromatic N) is 2. The number of aryl methyl sites for hydroxylation is 1. The highest BCUT2D eigenvalue weighted by Gasteiger charge is 2.10. The highest BCUT2D eigenvalue weighted by Crippen LogP contribution is 2.24. The van der Waals surface area contributed by atoms with Crippen LogP contribution in [0.25, 0.3) is 0 Å². The highest BCUT2D eigenvalue weighted by molar-refractivity contribution is 7.98. The van der Waals surface area contributed by atoms with Crippen molar-refractivity contribution in [1.82, 2.24) is 14.8 Å². The molecule has 0 fully saturated rings. The van der Waals surface area contributed by atoms with E-state index in [-0.39, 0.29) is 11.4 Å². The number of halogens is 1. The van der Waals surface area contributed by atoms with E-state index >= 15 is 0 Å². The maximum atomic E-state index is 13.8. The predicted molar refractivity (Wildman–Crippen MR) is 95.5 cm³/mol. The van der Waals surface area contributed by atoms with E-state index in [2.05, 4.69) is 10.2 Å². The lowest BCUT2D eigenvalue weighted by Crippen LogP contribution is -2.18. The molecule has 130 valence electrons. The molecule has 1 aromatic heterocycles. The lowest BCUT2D eigenvalue weighted by molar-refractivity contribution is 0.386. The average molecular weight is 359 g/mol. The second-order valence-corrected chi connectivity index (χ2v) is 6.40. The van der Waals surface area contributed by atoms with Crippen LogP contribution in [0, 0.1) is 5.82 Å². The molecule has 1 N–H and O–H groups in total. The SMILES string of the molecule is COc1ccc(CSc2n[nH]c(=O)n2CCc2ccccc2)cc1F. The fraction of sp³-hybridized carbons (Fsp3) is 0.222. The van der Waals surface area contributed by atoms with Crippen LogP contribution >= 0.6 is 11.8 Å². The summed E-state index contributed by atoms with van der Waals surface area (Å²) in [4.78, 5) is 12.0. The molecule has 0 aliphatic carbocycles. The molecule has 0 saturated carbocycles. The first-order valence-electron chi connectivity index (χ1n) is 7.81. The van der Waals surface area contributed by atoms with Gasteiger partial charge >= 0.3 is 5.69 Å². The molecule has 0 unspecified atom stereocenters. The molecule has 0 bridgehead atoms. The molecule has 0 amide bonds. The Labute approximate surface area is 148 Å². The fourth-order valence-corrected chi connectivity index (χ4v) is 3.36. The largest absolute Gasteiger partial charge is 0.494 e. The van der Waals surface area contributed by atoms with Crippen molar-refractivity contribution < 1.29 is 9.13 Å². The smallest absolute Gasteiger partial charge is 0.343 e. The Bertz CT molecular complexity index is 893. The van der Waals surface area contributed by atoms with E-state index < -0.39 is 5.82 Å². The van der Waals surface area contributed by atoms with Crippen LogP contribution in [0.3, 0.4) is 0 Å². The first-order valence-corrected chi connectivity index (χ1v) is 8.80. The maximum Gasteiger partial charge on any atom is 0.343 e. The zero-order chi connectivity index (χ0) is 17.6. The molecule has 25 heavy (non-hydrogen) atoms. The van der Waals surface area contributed by atoms with Crippen LogP contribution in [0.4, 0.5) is 4.39 Å². The number of nitrogens with one attached hydrogen (secondary N) is 1. The number of ether oxygens (including phenoxy) is 1. The van der Waals surface area contributed by atoms with Gasteiger partial charge in [0, 0.05) is 12.3 Å². The summed E-state index contributed by atoms with van der Waals surface area (Å²) in [5, 5.41) is 7.15. The second-order valence-electron chi connectivity index (χ2n) is 5.46.